The van der Waals surface area contributed by atoms with Crippen LogP contribution in [0.1, 0.15) is 16.7 Å². The Hall–Kier alpha value is -2.58. The van der Waals surface area contributed by atoms with E-state index >= 15 is 0 Å². The van der Waals surface area contributed by atoms with Gasteiger partial charge in [-0.1, -0.05) is 45.8 Å². The topological polar surface area (TPSA) is 72.9 Å². The maximum atomic E-state index is 12.8. The van der Waals surface area contributed by atoms with Gasteiger partial charge in [0.05, 0.1) is 18.6 Å². The number of esters is 1. The molecule has 0 saturated carbocycles. The molecule has 0 unspecified atom stereocenters. The molecule has 1 aliphatic rings. The molecular weight excluding hydrogens is 458 g/mol. The Morgan fingerprint density at radius 2 is 1.90 bits per heavy atom. The van der Waals surface area contributed by atoms with E-state index in [0.29, 0.717) is 16.2 Å². The number of rotatable bonds is 6. The molecule has 0 N–H and O–H groups in total. The molecule has 0 bridgehead atoms. The van der Waals surface area contributed by atoms with E-state index in [2.05, 4.69) is 20.7 Å². The lowest BCUT2D eigenvalue weighted by Gasteiger charge is -2.12. The van der Waals surface area contributed by atoms with Crippen LogP contribution >= 0.6 is 27.7 Å². The first-order valence-electron chi connectivity index (χ1n) is 8.67. The zero-order valence-corrected chi connectivity index (χ0v) is 18.2. The predicted octanol–water partition coefficient (Wildman–Crippen LogP) is 4.55. The van der Waals surface area contributed by atoms with Crippen molar-refractivity contribution in [3.8, 4) is 5.75 Å². The summed E-state index contributed by atoms with van der Waals surface area (Å²) in [6, 6.07) is 12.9. The van der Waals surface area contributed by atoms with Gasteiger partial charge in [-0.2, -0.15) is 0 Å². The molecule has 29 heavy (non-hydrogen) atoms. The Morgan fingerprint density at radius 1 is 1.17 bits per heavy atom. The van der Waals surface area contributed by atoms with Crippen molar-refractivity contribution in [3.05, 3.63) is 68.5 Å². The van der Waals surface area contributed by atoms with Crippen molar-refractivity contribution in [1.29, 1.82) is 0 Å². The number of carbonyl (C=O) groups is 3. The summed E-state index contributed by atoms with van der Waals surface area (Å²) in [6.07, 6.45) is 1.59. The maximum Gasteiger partial charge on any atom is 0.343 e. The van der Waals surface area contributed by atoms with Crippen molar-refractivity contribution in [3.63, 3.8) is 0 Å². The molecule has 0 radical (unpaired) electrons. The normalized spacial score (nSPS) is 15.1. The highest BCUT2D eigenvalue weighted by Crippen LogP contribution is 2.35. The number of amides is 2. The van der Waals surface area contributed by atoms with Gasteiger partial charge in [-0.05, 0) is 48.5 Å². The molecule has 2 amide bonds. The van der Waals surface area contributed by atoms with Crippen LogP contribution in [0.5, 0.6) is 5.75 Å². The van der Waals surface area contributed by atoms with E-state index in [-0.39, 0.29) is 24.3 Å². The van der Waals surface area contributed by atoms with Gasteiger partial charge in [0.1, 0.15) is 5.75 Å². The smallest absolute Gasteiger partial charge is 0.343 e. The Labute approximate surface area is 181 Å². The molecule has 8 heteroatoms. The molecule has 2 aromatic rings. The fourth-order valence-electron chi connectivity index (χ4n) is 2.61. The first kappa shape index (κ1) is 21.1. The van der Waals surface area contributed by atoms with Crippen LogP contribution in [0.25, 0.3) is 6.08 Å². The minimum absolute atomic E-state index is 0.215. The second-order valence-electron chi connectivity index (χ2n) is 6.30. The molecule has 6 nitrogen and oxygen atoms in total. The number of carbonyl (C=O) groups excluding carboxylic acids is 3. The van der Waals surface area contributed by atoms with Crippen LogP contribution in [-0.2, 0) is 20.9 Å². The first-order valence-corrected chi connectivity index (χ1v) is 10.3. The molecule has 0 aliphatic carbocycles. The molecule has 1 heterocycles. The van der Waals surface area contributed by atoms with Crippen LogP contribution in [-0.4, -0.2) is 35.7 Å². The fourth-order valence-corrected chi connectivity index (χ4v) is 3.82. The van der Waals surface area contributed by atoms with Gasteiger partial charge in [-0.15, -0.1) is 0 Å². The van der Waals surface area contributed by atoms with E-state index in [0.717, 1.165) is 27.4 Å². The van der Waals surface area contributed by atoms with E-state index in [1.807, 2.05) is 31.2 Å². The van der Waals surface area contributed by atoms with Crippen LogP contribution in [0.2, 0.25) is 0 Å². The lowest BCUT2D eigenvalue weighted by atomic mass is 10.1. The number of aryl methyl sites for hydroxylation is 1. The van der Waals surface area contributed by atoms with Crippen LogP contribution in [0.3, 0.4) is 0 Å². The molecule has 1 saturated heterocycles. The fraction of sp³-hybridized carbons (Fsp3) is 0.190. The zero-order chi connectivity index (χ0) is 21.0. The van der Waals surface area contributed by atoms with E-state index < -0.39 is 5.97 Å². The molecule has 1 aliphatic heterocycles. The molecule has 0 aromatic heterocycles. The van der Waals surface area contributed by atoms with Gasteiger partial charge in [0.25, 0.3) is 11.1 Å². The van der Waals surface area contributed by atoms with Gasteiger partial charge in [0.15, 0.2) is 6.61 Å². The van der Waals surface area contributed by atoms with Gasteiger partial charge in [0.2, 0.25) is 0 Å². The van der Waals surface area contributed by atoms with Crippen molar-refractivity contribution in [2.75, 3.05) is 13.7 Å². The number of hydrogen-bond acceptors (Lipinski definition) is 6. The highest BCUT2D eigenvalue weighted by atomic mass is 79.9. The van der Waals surface area contributed by atoms with Crippen LogP contribution in [0.4, 0.5) is 4.79 Å². The number of methoxy groups -OCH3 is 1. The Morgan fingerprint density at radius 3 is 2.59 bits per heavy atom. The van der Waals surface area contributed by atoms with Crippen LogP contribution in [0.15, 0.2) is 51.8 Å². The maximum absolute atomic E-state index is 12.8. The van der Waals surface area contributed by atoms with Crippen molar-refractivity contribution >= 4 is 50.9 Å². The lowest BCUT2D eigenvalue weighted by molar-refractivity contribution is -0.142. The zero-order valence-electron chi connectivity index (χ0n) is 15.8. The van der Waals surface area contributed by atoms with Gasteiger partial charge in [0, 0.05) is 10.0 Å². The average Bonchev–Trinajstić information content (AvgIpc) is 2.96. The monoisotopic (exact) mass is 475 g/mol. The minimum atomic E-state index is -0.516. The standard InChI is InChI=1S/C21H18BrNO5S/c1-13-3-5-14(6-4-13)11-23-20(25)18(29-21(23)26)10-15-9-16(22)7-8-17(15)28-12-19(24)27-2/h3-10H,11-12H2,1-2H3/b18-10-. The lowest BCUT2D eigenvalue weighted by Crippen LogP contribution is -2.27. The third kappa shape index (κ3) is 5.27. The summed E-state index contributed by atoms with van der Waals surface area (Å²) in [5, 5.41) is -0.325. The van der Waals surface area contributed by atoms with Crippen molar-refractivity contribution < 1.29 is 23.9 Å². The average molecular weight is 476 g/mol. The summed E-state index contributed by atoms with van der Waals surface area (Å²) < 4.78 is 10.8. The highest BCUT2D eigenvalue weighted by Gasteiger charge is 2.35. The van der Waals surface area contributed by atoms with E-state index in [1.165, 1.54) is 12.0 Å². The largest absolute Gasteiger partial charge is 0.481 e. The molecule has 2 aromatic carbocycles. The van der Waals surface area contributed by atoms with Gasteiger partial charge < -0.3 is 9.47 Å². The van der Waals surface area contributed by atoms with Crippen LogP contribution < -0.4 is 4.74 Å². The van der Waals surface area contributed by atoms with E-state index in [4.69, 9.17) is 4.74 Å². The molecule has 1 fully saturated rings. The minimum Gasteiger partial charge on any atom is -0.481 e. The first-order chi connectivity index (χ1) is 13.9. The molecule has 0 spiro atoms. The Balaban J connectivity index is 1.82. The Bertz CT molecular complexity index is 987. The molecular formula is C21H18BrNO5S. The summed E-state index contributed by atoms with van der Waals surface area (Å²) in [5.74, 6) is -0.472. The number of halogens is 1. The van der Waals surface area contributed by atoms with E-state index in [1.54, 1.807) is 24.3 Å². The van der Waals surface area contributed by atoms with Gasteiger partial charge >= 0.3 is 5.97 Å². The van der Waals surface area contributed by atoms with Crippen LogP contribution in [0, 0.1) is 6.92 Å². The quantitative estimate of drug-likeness (QED) is 0.450. The van der Waals surface area contributed by atoms with Crippen molar-refractivity contribution in [2.24, 2.45) is 0 Å². The summed E-state index contributed by atoms with van der Waals surface area (Å²) in [4.78, 5) is 38.0. The summed E-state index contributed by atoms with van der Waals surface area (Å²) in [5.41, 5.74) is 2.56. The second-order valence-corrected chi connectivity index (χ2v) is 8.21. The third-order valence-electron chi connectivity index (χ3n) is 4.17. The van der Waals surface area contributed by atoms with Crippen molar-refractivity contribution in [2.45, 2.75) is 13.5 Å². The van der Waals surface area contributed by atoms with E-state index in [9.17, 15) is 14.4 Å². The number of ether oxygens (including phenoxy) is 2. The number of thioether (sulfide) groups is 1. The number of nitrogens with zero attached hydrogens (tertiary/aromatic N) is 1. The highest BCUT2D eigenvalue weighted by molar-refractivity contribution is 9.10. The number of benzene rings is 2. The van der Waals surface area contributed by atoms with Gasteiger partial charge in [-0.3, -0.25) is 14.5 Å². The summed E-state index contributed by atoms with van der Waals surface area (Å²) in [7, 11) is 1.28. The summed E-state index contributed by atoms with van der Waals surface area (Å²) in [6.45, 7) is 1.94. The third-order valence-corrected chi connectivity index (χ3v) is 5.57. The molecule has 3 rings (SSSR count). The van der Waals surface area contributed by atoms with Gasteiger partial charge in [-0.25, -0.2) is 4.79 Å². The Kier molecular flexibility index (Phi) is 6.76. The molecule has 150 valence electrons. The SMILES string of the molecule is COC(=O)COc1ccc(Br)cc1/C=C1\SC(=O)N(Cc2ccc(C)cc2)C1=O. The summed E-state index contributed by atoms with van der Waals surface area (Å²) >= 11 is 4.26. The second kappa shape index (κ2) is 9.28. The van der Waals surface area contributed by atoms with Crippen molar-refractivity contribution in [1.82, 2.24) is 4.90 Å². The predicted molar refractivity (Wildman–Crippen MR) is 114 cm³/mol. The number of imide groups is 1. The number of hydrogen-bond donors (Lipinski definition) is 0. The molecule has 0 atom stereocenters.